The molecule has 2 unspecified atom stereocenters. The van der Waals surface area contributed by atoms with Crippen LogP contribution in [0.5, 0.6) is 0 Å². The molecule has 2 heterocycles. The summed E-state index contributed by atoms with van der Waals surface area (Å²) in [5, 5.41) is 20.6. The maximum Gasteiger partial charge on any atom is 0.408 e. The molecule has 0 aromatic carbocycles. The molecular formula is C32H51N5O7S2. The number of nitrogens with one attached hydrogen (secondary N) is 2. The Hall–Kier alpha value is -3.41. The molecule has 2 aromatic heterocycles. The molecule has 2 amide bonds. The second kappa shape index (κ2) is 20.7. The number of nitriles is 1. The van der Waals surface area contributed by atoms with Crippen molar-refractivity contribution in [1.29, 1.82) is 5.26 Å². The molecule has 0 radical (unpaired) electrons. The molecule has 0 aliphatic heterocycles. The number of thioether (sulfide) groups is 1. The minimum absolute atomic E-state index is 0.0607. The molecular weight excluding hydrogens is 631 g/mol. The second-order valence-corrected chi connectivity index (χ2v) is 15.1. The number of rotatable bonds is 10. The van der Waals surface area contributed by atoms with Crippen molar-refractivity contribution in [2.45, 2.75) is 114 Å². The molecule has 0 saturated heterocycles. The zero-order chi connectivity index (χ0) is 35.6. The number of carbonyl (C=O) groups excluding carboxylic acids is 2. The number of hydrogen-bond acceptors (Lipinski definition) is 11. The number of sulfone groups is 1. The maximum absolute atomic E-state index is 11.9. The van der Waals surface area contributed by atoms with Crippen LogP contribution < -0.4 is 10.6 Å². The Morgan fingerprint density at radius 3 is 1.65 bits per heavy atom. The lowest BCUT2D eigenvalue weighted by Gasteiger charge is -2.23. The summed E-state index contributed by atoms with van der Waals surface area (Å²) in [7, 11) is -3.34. The quantitative estimate of drug-likeness (QED) is 0.183. The van der Waals surface area contributed by atoms with Gasteiger partial charge in [-0.05, 0) is 83.9 Å². The van der Waals surface area contributed by atoms with Crippen molar-refractivity contribution in [3.63, 3.8) is 0 Å². The van der Waals surface area contributed by atoms with E-state index in [-0.39, 0.29) is 29.7 Å². The Bertz CT molecular complexity index is 1370. The lowest BCUT2D eigenvalue weighted by molar-refractivity contribution is 0.0489. The van der Waals surface area contributed by atoms with Crippen molar-refractivity contribution in [3.05, 3.63) is 48.0 Å². The van der Waals surface area contributed by atoms with Crippen LogP contribution in [0.3, 0.4) is 0 Å². The van der Waals surface area contributed by atoms with Crippen LogP contribution in [0.1, 0.15) is 104 Å². The number of nitrogens with zero attached hydrogens (tertiary/aromatic N) is 3. The SMILES string of the molecule is CCCC(NC(=O)OC(C)(C)C)c1cncc(S(C)(=O)=O)c1.CCCC(NC(=O)OC(C)(C)C)c1cncc(SC)c1.N#CCO. The third-order valence-electron chi connectivity index (χ3n) is 5.54. The first kappa shape index (κ1) is 42.6. The highest BCUT2D eigenvalue weighted by Gasteiger charge is 2.22. The van der Waals surface area contributed by atoms with Gasteiger partial charge in [0.15, 0.2) is 9.84 Å². The fourth-order valence-electron chi connectivity index (χ4n) is 3.69. The fourth-order valence-corrected chi connectivity index (χ4v) is 4.71. The van der Waals surface area contributed by atoms with Crippen LogP contribution in [0, 0.1) is 11.3 Å². The first-order chi connectivity index (χ1) is 21.3. The maximum atomic E-state index is 11.9. The van der Waals surface area contributed by atoms with Gasteiger partial charge < -0.3 is 25.2 Å². The Balaban J connectivity index is 0.000000791. The molecule has 0 aliphatic rings. The lowest BCUT2D eigenvalue weighted by Crippen LogP contribution is -2.35. The van der Waals surface area contributed by atoms with Gasteiger partial charge in [0.05, 0.1) is 23.0 Å². The molecule has 2 rings (SSSR count). The van der Waals surface area contributed by atoms with E-state index in [4.69, 9.17) is 19.8 Å². The molecule has 0 aliphatic carbocycles. The molecule has 0 fully saturated rings. The molecule has 3 N–H and O–H groups in total. The second-order valence-electron chi connectivity index (χ2n) is 12.2. The van der Waals surface area contributed by atoms with E-state index < -0.39 is 27.1 Å². The summed E-state index contributed by atoms with van der Waals surface area (Å²) in [6.45, 7) is 14.6. The fraction of sp³-hybridized carbons (Fsp3) is 0.594. The Kier molecular flexibility index (Phi) is 19.1. The van der Waals surface area contributed by atoms with Gasteiger partial charge in [-0.2, -0.15) is 5.26 Å². The summed E-state index contributed by atoms with van der Waals surface area (Å²) in [5.41, 5.74) is 0.591. The summed E-state index contributed by atoms with van der Waals surface area (Å²) in [5.74, 6) is 0. The van der Waals surface area contributed by atoms with Gasteiger partial charge in [0.1, 0.15) is 17.8 Å². The van der Waals surface area contributed by atoms with Gasteiger partial charge in [0, 0.05) is 35.9 Å². The Labute approximate surface area is 279 Å². The highest BCUT2D eigenvalue weighted by atomic mass is 32.2. The largest absolute Gasteiger partial charge is 0.444 e. The summed E-state index contributed by atoms with van der Waals surface area (Å²) in [6, 6.07) is 4.69. The summed E-state index contributed by atoms with van der Waals surface area (Å²) >= 11 is 1.64. The smallest absolute Gasteiger partial charge is 0.408 e. The predicted molar refractivity (Wildman–Crippen MR) is 180 cm³/mol. The van der Waals surface area contributed by atoms with Crippen molar-refractivity contribution in [2.24, 2.45) is 0 Å². The van der Waals surface area contributed by atoms with Crippen LogP contribution in [-0.4, -0.2) is 66.0 Å². The minimum Gasteiger partial charge on any atom is -0.444 e. The van der Waals surface area contributed by atoms with E-state index in [1.807, 2.05) is 40.1 Å². The Morgan fingerprint density at radius 2 is 1.30 bits per heavy atom. The molecule has 258 valence electrons. The number of aromatic nitrogens is 2. The molecule has 46 heavy (non-hydrogen) atoms. The van der Waals surface area contributed by atoms with Crippen molar-refractivity contribution < 1.29 is 32.6 Å². The summed E-state index contributed by atoms with van der Waals surface area (Å²) in [6.07, 6.45) is 12.0. The topological polar surface area (TPSA) is 181 Å². The third kappa shape index (κ3) is 19.2. The highest BCUT2D eigenvalue weighted by molar-refractivity contribution is 7.98. The first-order valence-corrected chi connectivity index (χ1v) is 18.0. The van der Waals surface area contributed by atoms with Crippen molar-refractivity contribution in [1.82, 2.24) is 20.6 Å². The number of amides is 2. The molecule has 0 saturated carbocycles. The minimum atomic E-state index is -3.34. The van der Waals surface area contributed by atoms with E-state index in [1.54, 1.807) is 51.0 Å². The average Bonchev–Trinajstić information content (AvgIpc) is 2.95. The average molecular weight is 682 g/mol. The van der Waals surface area contributed by atoms with Gasteiger partial charge in [-0.25, -0.2) is 18.0 Å². The van der Waals surface area contributed by atoms with Crippen molar-refractivity contribution in [2.75, 3.05) is 19.1 Å². The zero-order valence-electron chi connectivity index (χ0n) is 28.7. The molecule has 14 heteroatoms. The van der Waals surface area contributed by atoms with Gasteiger partial charge >= 0.3 is 12.2 Å². The molecule has 0 spiro atoms. The highest BCUT2D eigenvalue weighted by Crippen LogP contribution is 2.24. The number of ether oxygens (including phenoxy) is 2. The predicted octanol–water partition coefficient (Wildman–Crippen LogP) is 6.52. The van der Waals surface area contributed by atoms with Crippen LogP contribution in [-0.2, 0) is 19.3 Å². The van der Waals surface area contributed by atoms with Crippen LogP contribution in [0.15, 0.2) is 46.7 Å². The van der Waals surface area contributed by atoms with E-state index in [2.05, 4.69) is 33.6 Å². The lowest BCUT2D eigenvalue weighted by atomic mass is 10.0. The number of alkyl carbamates (subject to hydrolysis) is 2. The number of carbonyl (C=O) groups is 2. The summed E-state index contributed by atoms with van der Waals surface area (Å²) < 4.78 is 33.8. The summed E-state index contributed by atoms with van der Waals surface area (Å²) in [4.78, 5) is 33.3. The van der Waals surface area contributed by atoms with Gasteiger partial charge in [-0.3, -0.25) is 9.97 Å². The third-order valence-corrected chi connectivity index (χ3v) is 7.32. The standard InChI is InChI=1S/C15H24N2O4S.C15H24N2O2S.C2H3NO/c1-6-7-13(17-14(18)21-15(2,3)4)11-8-12(10-16-9-11)22(5,19)20;1-6-7-13(17-14(18)19-15(2,3)4)11-8-12(20-5)10-16-9-11;3-1-2-4/h8-10,13H,6-7H2,1-5H3,(H,17,18);8-10,13H,6-7H2,1-5H3,(H,17,18);4H,2H2. The number of aliphatic hydroxyl groups is 1. The zero-order valence-corrected chi connectivity index (χ0v) is 30.3. The van der Waals surface area contributed by atoms with Gasteiger partial charge in [0.2, 0.25) is 0 Å². The van der Waals surface area contributed by atoms with E-state index in [0.29, 0.717) is 12.0 Å². The van der Waals surface area contributed by atoms with E-state index in [9.17, 15) is 18.0 Å². The molecule has 2 aromatic rings. The van der Waals surface area contributed by atoms with E-state index >= 15 is 0 Å². The normalized spacial score (nSPS) is 12.5. The van der Waals surface area contributed by atoms with E-state index in [1.165, 1.54) is 12.3 Å². The Morgan fingerprint density at radius 1 is 0.891 bits per heavy atom. The number of pyridine rings is 2. The number of aliphatic hydroxyl groups excluding tert-OH is 1. The van der Waals surface area contributed by atoms with Gasteiger partial charge in [-0.15, -0.1) is 11.8 Å². The number of hydrogen-bond donors (Lipinski definition) is 3. The van der Waals surface area contributed by atoms with Crippen LogP contribution in [0.4, 0.5) is 9.59 Å². The van der Waals surface area contributed by atoms with Crippen LogP contribution >= 0.6 is 11.8 Å². The molecule has 0 bridgehead atoms. The van der Waals surface area contributed by atoms with Gasteiger partial charge in [-0.1, -0.05) is 26.7 Å². The monoisotopic (exact) mass is 681 g/mol. The van der Waals surface area contributed by atoms with Crippen molar-refractivity contribution >= 4 is 33.8 Å². The van der Waals surface area contributed by atoms with E-state index in [0.717, 1.165) is 36.0 Å². The first-order valence-electron chi connectivity index (χ1n) is 14.9. The van der Waals surface area contributed by atoms with Crippen LogP contribution in [0.2, 0.25) is 0 Å². The molecule has 12 nitrogen and oxygen atoms in total. The van der Waals surface area contributed by atoms with Crippen molar-refractivity contribution in [3.8, 4) is 6.07 Å². The van der Waals surface area contributed by atoms with Crippen LogP contribution in [0.25, 0.3) is 0 Å². The molecule has 2 atom stereocenters. The van der Waals surface area contributed by atoms with Gasteiger partial charge in [0.25, 0.3) is 0 Å².